The van der Waals surface area contributed by atoms with E-state index in [-0.39, 0.29) is 11.8 Å². The SMILES string of the molecule is COC(=O)c1cccc(NC(=O)c2ccc3c(c2)C(C)(C)C(=O)N3)c1. The monoisotopic (exact) mass is 338 g/mol. The second-order valence-electron chi connectivity index (χ2n) is 6.37. The third-order valence-corrected chi connectivity index (χ3v) is 4.31. The maximum Gasteiger partial charge on any atom is 0.337 e. The number of ether oxygens (including phenoxy) is 1. The van der Waals surface area contributed by atoms with Crippen LogP contribution in [0.4, 0.5) is 11.4 Å². The lowest BCUT2D eigenvalue weighted by molar-refractivity contribution is -0.119. The molecule has 2 aromatic rings. The summed E-state index contributed by atoms with van der Waals surface area (Å²) in [6, 6.07) is 11.6. The Morgan fingerprint density at radius 1 is 1.08 bits per heavy atom. The van der Waals surface area contributed by atoms with E-state index in [4.69, 9.17) is 0 Å². The van der Waals surface area contributed by atoms with Crippen LogP contribution >= 0.6 is 0 Å². The number of anilines is 2. The highest BCUT2D eigenvalue weighted by Crippen LogP contribution is 2.37. The zero-order valence-electron chi connectivity index (χ0n) is 14.2. The van der Waals surface area contributed by atoms with Crippen molar-refractivity contribution >= 4 is 29.2 Å². The molecule has 1 aliphatic rings. The summed E-state index contributed by atoms with van der Waals surface area (Å²) in [5.41, 5.74) is 2.10. The molecular formula is C19H18N2O4. The van der Waals surface area contributed by atoms with E-state index in [9.17, 15) is 14.4 Å². The molecule has 3 rings (SSSR count). The van der Waals surface area contributed by atoms with Crippen molar-refractivity contribution in [2.45, 2.75) is 19.3 Å². The molecule has 2 aromatic carbocycles. The number of methoxy groups -OCH3 is 1. The molecule has 1 aliphatic heterocycles. The number of benzene rings is 2. The van der Waals surface area contributed by atoms with Crippen molar-refractivity contribution < 1.29 is 19.1 Å². The van der Waals surface area contributed by atoms with Crippen molar-refractivity contribution in [1.29, 1.82) is 0 Å². The average molecular weight is 338 g/mol. The molecule has 0 unspecified atom stereocenters. The topological polar surface area (TPSA) is 84.5 Å². The third kappa shape index (κ3) is 2.98. The van der Waals surface area contributed by atoms with E-state index in [1.807, 2.05) is 13.8 Å². The number of nitrogens with one attached hydrogen (secondary N) is 2. The van der Waals surface area contributed by atoms with Crippen LogP contribution in [0.5, 0.6) is 0 Å². The van der Waals surface area contributed by atoms with Crippen LogP contribution < -0.4 is 10.6 Å². The van der Waals surface area contributed by atoms with E-state index in [2.05, 4.69) is 15.4 Å². The second kappa shape index (κ2) is 6.05. The highest BCUT2D eigenvalue weighted by atomic mass is 16.5. The molecule has 0 aliphatic carbocycles. The Bertz CT molecular complexity index is 887. The lowest BCUT2D eigenvalue weighted by Gasteiger charge is -2.15. The van der Waals surface area contributed by atoms with Crippen molar-refractivity contribution in [3.8, 4) is 0 Å². The van der Waals surface area contributed by atoms with Gasteiger partial charge in [-0.2, -0.15) is 0 Å². The lowest BCUT2D eigenvalue weighted by atomic mass is 9.85. The Hall–Kier alpha value is -3.15. The quantitative estimate of drug-likeness (QED) is 0.843. The van der Waals surface area contributed by atoms with Crippen LogP contribution in [-0.2, 0) is 14.9 Å². The third-order valence-electron chi connectivity index (χ3n) is 4.31. The predicted octanol–water partition coefficient (Wildman–Crippen LogP) is 2.96. The first-order valence-corrected chi connectivity index (χ1v) is 7.78. The minimum atomic E-state index is -0.684. The number of fused-ring (bicyclic) bond motifs is 1. The van der Waals surface area contributed by atoms with E-state index in [1.165, 1.54) is 7.11 Å². The summed E-state index contributed by atoms with van der Waals surface area (Å²) in [5, 5.41) is 5.56. The summed E-state index contributed by atoms with van der Waals surface area (Å²) in [6.45, 7) is 3.63. The maximum absolute atomic E-state index is 12.5. The number of hydrogen-bond donors (Lipinski definition) is 2. The first-order chi connectivity index (χ1) is 11.8. The van der Waals surface area contributed by atoms with Gasteiger partial charge in [0.05, 0.1) is 18.1 Å². The molecule has 0 spiro atoms. The summed E-state index contributed by atoms with van der Waals surface area (Å²) in [7, 11) is 1.30. The van der Waals surface area contributed by atoms with E-state index in [0.717, 1.165) is 11.3 Å². The Balaban J connectivity index is 1.85. The molecule has 25 heavy (non-hydrogen) atoms. The normalized spacial score (nSPS) is 14.4. The number of amides is 2. The molecule has 6 heteroatoms. The molecule has 0 atom stereocenters. The summed E-state index contributed by atoms with van der Waals surface area (Å²) in [5.74, 6) is -0.884. The average Bonchev–Trinajstić information content (AvgIpc) is 2.83. The molecule has 128 valence electrons. The van der Waals surface area contributed by atoms with Gasteiger partial charge in [0.1, 0.15) is 0 Å². The number of esters is 1. The van der Waals surface area contributed by atoms with Gasteiger partial charge in [0.2, 0.25) is 5.91 Å². The summed E-state index contributed by atoms with van der Waals surface area (Å²) >= 11 is 0. The highest BCUT2D eigenvalue weighted by Gasteiger charge is 2.38. The fraction of sp³-hybridized carbons (Fsp3) is 0.211. The van der Waals surface area contributed by atoms with Gasteiger partial charge in [-0.05, 0) is 55.8 Å². The Labute approximate surface area is 145 Å². The van der Waals surface area contributed by atoms with Crippen LogP contribution in [-0.4, -0.2) is 24.9 Å². The van der Waals surface area contributed by atoms with Crippen molar-refractivity contribution in [2.75, 3.05) is 17.7 Å². The highest BCUT2D eigenvalue weighted by molar-refractivity contribution is 6.09. The maximum atomic E-state index is 12.5. The molecular weight excluding hydrogens is 320 g/mol. The van der Waals surface area contributed by atoms with Crippen LogP contribution in [0, 0.1) is 0 Å². The Morgan fingerprint density at radius 2 is 1.84 bits per heavy atom. The zero-order valence-corrected chi connectivity index (χ0v) is 14.2. The van der Waals surface area contributed by atoms with Gasteiger partial charge in [-0.3, -0.25) is 9.59 Å². The van der Waals surface area contributed by atoms with E-state index < -0.39 is 11.4 Å². The number of hydrogen-bond acceptors (Lipinski definition) is 4. The standard InChI is InChI=1S/C19H18N2O4/c1-19(2)14-10-11(7-8-15(14)21-18(19)24)16(22)20-13-6-4-5-12(9-13)17(23)25-3/h4-10H,1-3H3,(H,20,22)(H,21,24). The van der Waals surface area contributed by atoms with Crippen LogP contribution in [0.3, 0.4) is 0 Å². The molecule has 0 saturated carbocycles. The lowest BCUT2D eigenvalue weighted by Crippen LogP contribution is -2.27. The summed E-state index contributed by atoms with van der Waals surface area (Å²) in [6.07, 6.45) is 0. The first kappa shape index (κ1) is 16.7. The molecule has 2 amide bonds. The van der Waals surface area contributed by atoms with Gasteiger partial charge in [0.25, 0.3) is 5.91 Å². The van der Waals surface area contributed by atoms with Gasteiger partial charge in [-0.25, -0.2) is 4.79 Å². The van der Waals surface area contributed by atoms with Crippen molar-refractivity contribution in [1.82, 2.24) is 0 Å². The van der Waals surface area contributed by atoms with Crippen LogP contribution in [0.2, 0.25) is 0 Å². The van der Waals surface area contributed by atoms with Gasteiger partial charge in [0.15, 0.2) is 0 Å². The molecule has 0 bridgehead atoms. The van der Waals surface area contributed by atoms with Crippen molar-refractivity contribution in [3.05, 3.63) is 59.2 Å². The van der Waals surface area contributed by atoms with Crippen LogP contribution in [0.15, 0.2) is 42.5 Å². The smallest absolute Gasteiger partial charge is 0.337 e. The molecule has 6 nitrogen and oxygen atoms in total. The largest absolute Gasteiger partial charge is 0.465 e. The van der Waals surface area contributed by atoms with Crippen LogP contribution in [0.1, 0.15) is 40.1 Å². The number of rotatable bonds is 3. The minimum absolute atomic E-state index is 0.0918. The Morgan fingerprint density at radius 3 is 2.56 bits per heavy atom. The summed E-state index contributed by atoms with van der Waals surface area (Å²) in [4.78, 5) is 36.1. The van der Waals surface area contributed by atoms with E-state index in [0.29, 0.717) is 16.8 Å². The Kier molecular flexibility index (Phi) is 4.04. The van der Waals surface area contributed by atoms with Crippen LogP contribution in [0.25, 0.3) is 0 Å². The van der Waals surface area contributed by atoms with Crippen molar-refractivity contribution in [3.63, 3.8) is 0 Å². The van der Waals surface area contributed by atoms with Gasteiger partial charge >= 0.3 is 5.97 Å². The molecule has 0 radical (unpaired) electrons. The van der Waals surface area contributed by atoms with Gasteiger partial charge in [-0.1, -0.05) is 6.07 Å². The van der Waals surface area contributed by atoms with Crippen molar-refractivity contribution in [2.24, 2.45) is 0 Å². The van der Waals surface area contributed by atoms with E-state index in [1.54, 1.807) is 42.5 Å². The number of carbonyl (C=O) groups excluding carboxylic acids is 3. The molecule has 0 aromatic heterocycles. The summed E-state index contributed by atoms with van der Waals surface area (Å²) < 4.78 is 4.67. The van der Waals surface area contributed by atoms with Gasteiger partial charge < -0.3 is 15.4 Å². The van der Waals surface area contributed by atoms with Gasteiger partial charge in [-0.15, -0.1) is 0 Å². The number of carbonyl (C=O) groups is 3. The first-order valence-electron chi connectivity index (χ1n) is 7.78. The second-order valence-corrected chi connectivity index (χ2v) is 6.37. The zero-order chi connectivity index (χ0) is 18.2. The molecule has 2 N–H and O–H groups in total. The fourth-order valence-corrected chi connectivity index (χ4v) is 2.76. The molecule has 1 heterocycles. The van der Waals surface area contributed by atoms with Gasteiger partial charge in [0, 0.05) is 16.9 Å². The minimum Gasteiger partial charge on any atom is -0.465 e. The van der Waals surface area contributed by atoms with E-state index >= 15 is 0 Å². The molecule has 0 fully saturated rings. The fourth-order valence-electron chi connectivity index (χ4n) is 2.76. The predicted molar refractivity (Wildman–Crippen MR) is 93.8 cm³/mol. The molecule has 0 saturated heterocycles.